The molecule has 0 fully saturated rings. The third kappa shape index (κ3) is 3.00. The Morgan fingerprint density at radius 2 is 2.24 bits per heavy atom. The molecule has 1 aromatic carbocycles. The third-order valence-corrected chi connectivity index (χ3v) is 2.81. The molecule has 0 spiro atoms. The van der Waals surface area contributed by atoms with Gasteiger partial charge in [-0.3, -0.25) is 4.68 Å². The minimum Gasteiger partial charge on any atom is -0.399 e. The van der Waals surface area contributed by atoms with E-state index in [0.717, 1.165) is 24.3 Å². The summed E-state index contributed by atoms with van der Waals surface area (Å²) < 4.78 is 1.83. The van der Waals surface area contributed by atoms with Crippen molar-refractivity contribution < 1.29 is 0 Å². The molecule has 0 amide bonds. The van der Waals surface area contributed by atoms with Gasteiger partial charge in [0.1, 0.15) is 0 Å². The van der Waals surface area contributed by atoms with Crippen LogP contribution in [0.3, 0.4) is 0 Å². The Bertz CT molecular complexity index is 490. The van der Waals surface area contributed by atoms with Crippen molar-refractivity contribution in [2.75, 3.05) is 24.2 Å². The molecule has 0 saturated carbocycles. The second-order valence-corrected chi connectivity index (χ2v) is 4.29. The summed E-state index contributed by atoms with van der Waals surface area (Å²) in [5.74, 6) is 0. The van der Waals surface area contributed by atoms with E-state index in [1.807, 2.05) is 42.3 Å². The molecule has 90 valence electrons. The second-order valence-electron chi connectivity index (χ2n) is 4.29. The molecule has 2 rings (SSSR count). The van der Waals surface area contributed by atoms with Crippen LogP contribution in [0.4, 0.5) is 11.4 Å². The molecule has 4 heteroatoms. The Balaban J connectivity index is 1.95. The van der Waals surface area contributed by atoms with E-state index >= 15 is 0 Å². The summed E-state index contributed by atoms with van der Waals surface area (Å²) in [7, 11) is 4.01. The van der Waals surface area contributed by atoms with Crippen molar-refractivity contribution in [2.45, 2.75) is 6.42 Å². The lowest BCUT2D eigenvalue weighted by atomic mass is 10.2. The fourth-order valence-electron chi connectivity index (χ4n) is 1.79. The van der Waals surface area contributed by atoms with Gasteiger partial charge in [-0.2, -0.15) is 5.10 Å². The smallest absolute Gasteiger partial charge is 0.0522 e. The van der Waals surface area contributed by atoms with Crippen LogP contribution in [-0.4, -0.2) is 23.4 Å². The molecule has 0 aliphatic carbocycles. The topological polar surface area (TPSA) is 47.1 Å². The summed E-state index contributed by atoms with van der Waals surface area (Å²) in [5.41, 5.74) is 8.97. The molecule has 0 unspecified atom stereocenters. The lowest BCUT2D eigenvalue weighted by Gasteiger charge is -2.19. The van der Waals surface area contributed by atoms with Gasteiger partial charge in [-0.25, -0.2) is 0 Å². The van der Waals surface area contributed by atoms with Gasteiger partial charge < -0.3 is 10.6 Å². The van der Waals surface area contributed by atoms with Crippen molar-refractivity contribution in [1.29, 1.82) is 0 Å². The van der Waals surface area contributed by atoms with Crippen LogP contribution >= 0.6 is 0 Å². The molecule has 4 nitrogen and oxygen atoms in total. The number of nitrogens with zero attached hydrogens (tertiary/aromatic N) is 3. The SMILES string of the molecule is CN(CCc1cnn(C)c1)c1cccc(N)c1. The standard InChI is InChI=1S/C13H18N4/c1-16(13-5-3-4-12(14)8-13)7-6-11-9-15-17(2)10-11/h3-5,8-10H,6-7,14H2,1-2H3. The molecule has 0 saturated heterocycles. The maximum Gasteiger partial charge on any atom is 0.0522 e. The first-order chi connectivity index (χ1) is 8.15. The number of anilines is 2. The quantitative estimate of drug-likeness (QED) is 0.813. The van der Waals surface area contributed by atoms with E-state index in [-0.39, 0.29) is 0 Å². The van der Waals surface area contributed by atoms with Crippen LogP contribution in [0.2, 0.25) is 0 Å². The zero-order chi connectivity index (χ0) is 12.3. The van der Waals surface area contributed by atoms with Gasteiger partial charge in [-0.05, 0) is 30.2 Å². The van der Waals surface area contributed by atoms with E-state index in [1.54, 1.807) is 0 Å². The molecule has 0 radical (unpaired) electrons. The average molecular weight is 230 g/mol. The summed E-state index contributed by atoms with van der Waals surface area (Å²) in [6.45, 7) is 0.954. The monoisotopic (exact) mass is 230 g/mol. The third-order valence-electron chi connectivity index (χ3n) is 2.81. The number of likely N-dealkylation sites (N-methyl/N-ethyl adjacent to an activating group) is 1. The van der Waals surface area contributed by atoms with Crippen LogP contribution in [0.5, 0.6) is 0 Å². The number of hydrogen-bond acceptors (Lipinski definition) is 3. The Morgan fingerprint density at radius 3 is 2.88 bits per heavy atom. The molecule has 1 heterocycles. The highest BCUT2D eigenvalue weighted by molar-refractivity contribution is 5.55. The fourth-order valence-corrected chi connectivity index (χ4v) is 1.79. The number of aromatic nitrogens is 2. The molecular weight excluding hydrogens is 212 g/mol. The first kappa shape index (κ1) is 11.5. The van der Waals surface area contributed by atoms with Crippen molar-refractivity contribution in [1.82, 2.24) is 9.78 Å². The Morgan fingerprint density at radius 1 is 1.41 bits per heavy atom. The number of rotatable bonds is 4. The van der Waals surface area contributed by atoms with Gasteiger partial charge in [0.15, 0.2) is 0 Å². The maximum absolute atomic E-state index is 5.77. The first-order valence-electron chi connectivity index (χ1n) is 5.69. The van der Waals surface area contributed by atoms with E-state index in [1.165, 1.54) is 5.56 Å². The first-order valence-corrected chi connectivity index (χ1v) is 5.69. The summed E-state index contributed by atoms with van der Waals surface area (Å²) in [5, 5.41) is 4.16. The molecule has 0 aliphatic rings. The summed E-state index contributed by atoms with van der Waals surface area (Å²) in [6.07, 6.45) is 4.94. The van der Waals surface area contributed by atoms with E-state index in [4.69, 9.17) is 5.73 Å². The minimum absolute atomic E-state index is 0.802. The van der Waals surface area contributed by atoms with Crippen LogP contribution in [-0.2, 0) is 13.5 Å². The van der Waals surface area contributed by atoms with Crippen LogP contribution in [0.15, 0.2) is 36.7 Å². The van der Waals surface area contributed by atoms with Gasteiger partial charge in [0.05, 0.1) is 6.20 Å². The molecule has 0 atom stereocenters. The molecule has 0 bridgehead atoms. The van der Waals surface area contributed by atoms with E-state index in [2.05, 4.69) is 23.1 Å². The van der Waals surface area contributed by atoms with Crippen molar-refractivity contribution in [3.05, 3.63) is 42.2 Å². The summed E-state index contributed by atoms with van der Waals surface area (Å²) >= 11 is 0. The van der Waals surface area contributed by atoms with Crippen molar-refractivity contribution in [3.63, 3.8) is 0 Å². The van der Waals surface area contributed by atoms with Gasteiger partial charge in [-0.15, -0.1) is 0 Å². The number of hydrogen-bond donors (Lipinski definition) is 1. The zero-order valence-electron chi connectivity index (χ0n) is 10.3. The number of aryl methyl sites for hydroxylation is 1. The zero-order valence-corrected chi connectivity index (χ0v) is 10.3. The van der Waals surface area contributed by atoms with Crippen molar-refractivity contribution in [2.24, 2.45) is 7.05 Å². The van der Waals surface area contributed by atoms with Gasteiger partial charge in [0.25, 0.3) is 0 Å². The highest BCUT2D eigenvalue weighted by Gasteiger charge is 2.02. The minimum atomic E-state index is 0.802. The highest BCUT2D eigenvalue weighted by atomic mass is 15.2. The molecule has 17 heavy (non-hydrogen) atoms. The molecule has 2 aromatic rings. The number of nitrogens with two attached hydrogens (primary N) is 1. The lowest BCUT2D eigenvalue weighted by molar-refractivity contribution is 0.766. The predicted octanol–water partition coefficient (Wildman–Crippen LogP) is 1.68. The van der Waals surface area contributed by atoms with E-state index in [0.29, 0.717) is 0 Å². The van der Waals surface area contributed by atoms with Crippen LogP contribution in [0, 0.1) is 0 Å². The summed E-state index contributed by atoms with van der Waals surface area (Å²) in [6, 6.07) is 7.94. The lowest BCUT2D eigenvalue weighted by Crippen LogP contribution is -2.20. The Labute approximate surface area is 102 Å². The number of benzene rings is 1. The normalized spacial score (nSPS) is 10.5. The summed E-state index contributed by atoms with van der Waals surface area (Å²) in [4.78, 5) is 2.20. The molecule has 0 aliphatic heterocycles. The molecular formula is C13H18N4. The maximum atomic E-state index is 5.77. The molecule has 2 N–H and O–H groups in total. The Hall–Kier alpha value is -1.97. The van der Waals surface area contributed by atoms with Crippen molar-refractivity contribution in [3.8, 4) is 0 Å². The molecule has 1 aromatic heterocycles. The second kappa shape index (κ2) is 4.91. The van der Waals surface area contributed by atoms with Gasteiger partial charge in [0, 0.05) is 38.2 Å². The fraction of sp³-hybridized carbons (Fsp3) is 0.308. The van der Waals surface area contributed by atoms with E-state index in [9.17, 15) is 0 Å². The Kier molecular flexibility index (Phi) is 3.32. The largest absolute Gasteiger partial charge is 0.399 e. The predicted molar refractivity (Wildman–Crippen MR) is 71.0 cm³/mol. The van der Waals surface area contributed by atoms with E-state index < -0.39 is 0 Å². The average Bonchev–Trinajstić information content (AvgIpc) is 2.72. The highest BCUT2D eigenvalue weighted by Crippen LogP contribution is 2.16. The van der Waals surface area contributed by atoms with Crippen LogP contribution < -0.4 is 10.6 Å². The number of nitrogen functional groups attached to an aromatic ring is 1. The van der Waals surface area contributed by atoms with Gasteiger partial charge in [-0.1, -0.05) is 6.07 Å². The van der Waals surface area contributed by atoms with Gasteiger partial charge in [0.2, 0.25) is 0 Å². The van der Waals surface area contributed by atoms with Crippen LogP contribution in [0.1, 0.15) is 5.56 Å². The van der Waals surface area contributed by atoms with Gasteiger partial charge >= 0.3 is 0 Å². The van der Waals surface area contributed by atoms with Crippen molar-refractivity contribution >= 4 is 11.4 Å². The van der Waals surface area contributed by atoms with Crippen LogP contribution in [0.25, 0.3) is 0 Å².